The lowest BCUT2D eigenvalue weighted by molar-refractivity contribution is -0.136. The fourth-order valence-corrected chi connectivity index (χ4v) is 2.61. The van der Waals surface area contributed by atoms with E-state index >= 15 is 0 Å². The molecular weight excluding hydrogens is 256 g/mol. The lowest BCUT2D eigenvalue weighted by Crippen LogP contribution is -2.42. The zero-order valence-electron chi connectivity index (χ0n) is 11.9. The van der Waals surface area contributed by atoms with Gasteiger partial charge in [0.25, 0.3) is 0 Å². The van der Waals surface area contributed by atoms with Crippen LogP contribution < -0.4 is 5.32 Å². The molecular formula is C15H22N2O3. The lowest BCUT2D eigenvalue weighted by Gasteiger charge is -2.27. The van der Waals surface area contributed by atoms with Crippen molar-refractivity contribution in [2.45, 2.75) is 44.9 Å². The van der Waals surface area contributed by atoms with Crippen LogP contribution in [0, 0.1) is 6.92 Å². The van der Waals surface area contributed by atoms with Gasteiger partial charge in [-0.25, -0.2) is 0 Å². The molecule has 2 heterocycles. The van der Waals surface area contributed by atoms with Crippen molar-refractivity contribution in [2.24, 2.45) is 0 Å². The summed E-state index contributed by atoms with van der Waals surface area (Å²) in [5.74, 6) is 1.93. The van der Waals surface area contributed by atoms with Crippen LogP contribution in [-0.2, 0) is 16.1 Å². The number of furan rings is 1. The van der Waals surface area contributed by atoms with Gasteiger partial charge in [-0.15, -0.1) is 0 Å². The van der Waals surface area contributed by atoms with Gasteiger partial charge >= 0.3 is 0 Å². The minimum absolute atomic E-state index is 0.0100. The van der Waals surface area contributed by atoms with Gasteiger partial charge in [0.15, 0.2) is 0 Å². The Hall–Kier alpha value is -1.33. The molecule has 2 fully saturated rings. The van der Waals surface area contributed by atoms with Gasteiger partial charge in [-0.3, -0.25) is 4.79 Å². The number of nitrogens with zero attached hydrogens (tertiary/aromatic N) is 1. The van der Waals surface area contributed by atoms with Gasteiger partial charge in [-0.1, -0.05) is 0 Å². The molecule has 1 aromatic heterocycles. The van der Waals surface area contributed by atoms with E-state index < -0.39 is 0 Å². The van der Waals surface area contributed by atoms with Crippen LogP contribution in [0.25, 0.3) is 0 Å². The molecule has 1 N–H and O–H groups in total. The van der Waals surface area contributed by atoms with Gasteiger partial charge < -0.3 is 19.4 Å². The van der Waals surface area contributed by atoms with Crippen molar-refractivity contribution < 1.29 is 13.9 Å². The number of rotatable bonds is 5. The standard InChI is InChI=1S/C15H22N2O3/c1-11-2-5-13(20-11)10-17(12-3-4-12)15(18)8-14-9-16-6-7-19-14/h2,5,12,14,16H,3-4,6-10H2,1H3. The first kappa shape index (κ1) is 13.6. The molecule has 0 spiro atoms. The second-order valence-electron chi connectivity index (χ2n) is 5.67. The normalized spacial score (nSPS) is 22.8. The summed E-state index contributed by atoms with van der Waals surface area (Å²) in [6.07, 6.45) is 2.68. The third-order valence-corrected chi connectivity index (χ3v) is 3.84. The number of nitrogens with one attached hydrogen (secondary N) is 1. The van der Waals surface area contributed by atoms with Gasteiger partial charge in [0, 0.05) is 19.1 Å². The highest BCUT2D eigenvalue weighted by atomic mass is 16.5. The smallest absolute Gasteiger partial charge is 0.225 e. The highest BCUT2D eigenvalue weighted by molar-refractivity contribution is 5.77. The first-order chi connectivity index (χ1) is 9.72. The Bertz CT molecular complexity index is 461. The Balaban J connectivity index is 1.59. The molecule has 2 aliphatic rings. The number of aryl methyl sites for hydroxylation is 1. The molecule has 0 radical (unpaired) electrons. The molecule has 1 aliphatic heterocycles. The zero-order valence-corrected chi connectivity index (χ0v) is 11.9. The Kier molecular flexibility index (Phi) is 4.08. The topological polar surface area (TPSA) is 54.7 Å². The van der Waals surface area contributed by atoms with Gasteiger partial charge in [-0.05, 0) is 31.9 Å². The molecule has 1 saturated carbocycles. The van der Waals surface area contributed by atoms with Gasteiger partial charge in [0.1, 0.15) is 11.5 Å². The number of amides is 1. The van der Waals surface area contributed by atoms with Crippen LogP contribution in [0.4, 0.5) is 0 Å². The summed E-state index contributed by atoms with van der Waals surface area (Å²) in [5.41, 5.74) is 0. The molecule has 110 valence electrons. The second kappa shape index (κ2) is 5.97. The van der Waals surface area contributed by atoms with E-state index in [1.54, 1.807) is 0 Å². The summed E-state index contributed by atoms with van der Waals surface area (Å²) >= 11 is 0. The zero-order chi connectivity index (χ0) is 13.9. The molecule has 1 unspecified atom stereocenters. The van der Waals surface area contributed by atoms with E-state index in [1.165, 1.54) is 0 Å². The summed E-state index contributed by atoms with van der Waals surface area (Å²) in [4.78, 5) is 14.4. The number of morpholine rings is 1. The Morgan fingerprint density at radius 1 is 1.45 bits per heavy atom. The fourth-order valence-electron chi connectivity index (χ4n) is 2.61. The highest BCUT2D eigenvalue weighted by Gasteiger charge is 2.34. The maximum atomic E-state index is 12.5. The number of hydrogen-bond acceptors (Lipinski definition) is 4. The van der Waals surface area contributed by atoms with E-state index in [2.05, 4.69) is 5.32 Å². The quantitative estimate of drug-likeness (QED) is 0.886. The molecule has 1 amide bonds. The van der Waals surface area contributed by atoms with Crippen molar-refractivity contribution in [3.63, 3.8) is 0 Å². The van der Waals surface area contributed by atoms with Crippen LogP contribution in [0.1, 0.15) is 30.8 Å². The minimum atomic E-state index is 0.0100. The molecule has 3 rings (SSSR count). The molecule has 1 aromatic rings. The maximum absolute atomic E-state index is 12.5. The number of carbonyl (C=O) groups is 1. The van der Waals surface area contributed by atoms with E-state index in [0.29, 0.717) is 25.6 Å². The highest BCUT2D eigenvalue weighted by Crippen LogP contribution is 2.29. The van der Waals surface area contributed by atoms with Crippen molar-refractivity contribution in [3.8, 4) is 0 Å². The maximum Gasteiger partial charge on any atom is 0.225 e. The summed E-state index contributed by atoms with van der Waals surface area (Å²) in [5, 5.41) is 3.26. The van der Waals surface area contributed by atoms with Crippen LogP contribution >= 0.6 is 0 Å². The van der Waals surface area contributed by atoms with Crippen LogP contribution in [-0.4, -0.2) is 42.6 Å². The van der Waals surface area contributed by atoms with E-state index in [1.807, 2.05) is 24.0 Å². The second-order valence-corrected chi connectivity index (χ2v) is 5.67. The molecule has 5 nitrogen and oxygen atoms in total. The molecule has 5 heteroatoms. The molecule has 0 bridgehead atoms. The summed E-state index contributed by atoms with van der Waals surface area (Å²) < 4.78 is 11.2. The Labute approximate surface area is 119 Å². The van der Waals surface area contributed by atoms with Crippen molar-refractivity contribution in [2.75, 3.05) is 19.7 Å². The van der Waals surface area contributed by atoms with Crippen LogP contribution in [0.2, 0.25) is 0 Å². The third-order valence-electron chi connectivity index (χ3n) is 3.84. The number of hydrogen-bond donors (Lipinski definition) is 1. The molecule has 0 aromatic carbocycles. The van der Waals surface area contributed by atoms with Gasteiger partial charge in [0.2, 0.25) is 5.91 Å². The Morgan fingerprint density at radius 3 is 2.90 bits per heavy atom. The number of carbonyl (C=O) groups excluding carboxylic acids is 1. The predicted octanol–water partition coefficient (Wildman–Crippen LogP) is 1.46. The molecule has 1 atom stereocenters. The SMILES string of the molecule is Cc1ccc(CN(C(=O)CC2CNCCO2)C2CC2)o1. The first-order valence-electron chi connectivity index (χ1n) is 7.39. The van der Waals surface area contributed by atoms with Crippen LogP contribution in [0.15, 0.2) is 16.5 Å². The van der Waals surface area contributed by atoms with Crippen LogP contribution in [0.3, 0.4) is 0 Å². The average Bonchev–Trinajstić information content (AvgIpc) is 3.20. The average molecular weight is 278 g/mol. The third kappa shape index (κ3) is 3.41. The molecule has 20 heavy (non-hydrogen) atoms. The largest absolute Gasteiger partial charge is 0.464 e. The molecule has 1 saturated heterocycles. The van der Waals surface area contributed by atoms with E-state index in [9.17, 15) is 4.79 Å². The van der Waals surface area contributed by atoms with Crippen molar-refractivity contribution in [3.05, 3.63) is 23.7 Å². The fraction of sp³-hybridized carbons (Fsp3) is 0.667. The van der Waals surface area contributed by atoms with E-state index in [0.717, 1.165) is 37.5 Å². The number of ether oxygens (including phenoxy) is 1. The summed E-state index contributed by atoms with van der Waals surface area (Å²) in [6, 6.07) is 4.29. The van der Waals surface area contributed by atoms with Crippen molar-refractivity contribution in [1.82, 2.24) is 10.2 Å². The van der Waals surface area contributed by atoms with E-state index in [4.69, 9.17) is 9.15 Å². The van der Waals surface area contributed by atoms with Gasteiger partial charge in [0.05, 0.1) is 25.7 Å². The summed E-state index contributed by atoms with van der Waals surface area (Å²) in [6.45, 7) is 4.84. The Morgan fingerprint density at radius 2 is 2.30 bits per heavy atom. The predicted molar refractivity (Wildman–Crippen MR) is 74.2 cm³/mol. The van der Waals surface area contributed by atoms with Crippen LogP contribution in [0.5, 0.6) is 0 Å². The van der Waals surface area contributed by atoms with Crippen molar-refractivity contribution >= 4 is 5.91 Å². The van der Waals surface area contributed by atoms with Crippen molar-refractivity contribution in [1.29, 1.82) is 0 Å². The lowest BCUT2D eigenvalue weighted by atomic mass is 10.2. The minimum Gasteiger partial charge on any atom is -0.464 e. The molecule has 1 aliphatic carbocycles. The van der Waals surface area contributed by atoms with Gasteiger partial charge in [-0.2, -0.15) is 0 Å². The summed E-state index contributed by atoms with van der Waals surface area (Å²) in [7, 11) is 0. The monoisotopic (exact) mass is 278 g/mol. The van der Waals surface area contributed by atoms with E-state index in [-0.39, 0.29) is 12.0 Å². The first-order valence-corrected chi connectivity index (χ1v) is 7.39.